The number of piperazine rings is 1. The summed E-state index contributed by atoms with van der Waals surface area (Å²) in [4.78, 5) is 20.2. The fraction of sp³-hybridized carbons (Fsp3) is 0.156. The minimum absolute atomic E-state index is 0.0717. The van der Waals surface area contributed by atoms with Crippen molar-refractivity contribution in [3.8, 4) is 21.9 Å². The standard InChI is InChI=1S/C32H28FN5O2S2/c33-25-19-23(36-32(41)37-30(39)18-21-4-2-1-3-5-21)8-11-27(25)40-28-12-13-35-26-20-29(42-31(26)28)22-6-9-24(10-7-22)38-16-14-34-15-17-38/h1-13,19-20,34H,14-18H2,(H2,36,37,39,41). The number of benzene rings is 3. The Morgan fingerprint density at radius 2 is 1.79 bits per heavy atom. The van der Waals surface area contributed by atoms with Crippen LogP contribution in [-0.4, -0.2) is 42.2 Å². The van der Waals surface area contributed by atoms with Gasteiger partial charge in [-0.2, -0.15) is 0 Å². The van der Waals surface area contributed by atoms with Gasteiger partial charge in [0.2, 0.25) is 5.91 Å². The molecule has 0 spiro atoms. The van der Waals surface area contributed by atoms with Gasteiger partial charge in [-0.25, -0.2) is 4.39 Å². The number of hydrogen-bond acceptors (Lipinski definition) is 7. The zero-order valence-corrected chi connectivity index (χ0v) is 24.2. The van der Waals surface area contributed by atoms with E-state index in [2.05, 4.69) is 50.1 Å². The van der Waals surface area contributed by atoms with E-state index in [-0.39, 0.29) is 23.2 Å². The molecule has 6 rings (SSSR count). The molecule has 5 aromatic rings. The third kappa shape index (κ3) is 6.57. The Bertz CT molecular complexity index is 1720. The van der Waals surface area contributed by atoms with Crippen molar-refractivity contribution >= 4 is 56.2 Å². The summed E-state index contributed by atoms with van der Waals surface area (Å²) < 4.78 is 21.9. The number of hydrogen-bond donors (Lipinski definition) is 3. The lowest BCUT2D eigenvalue weighted by Crippen LogP contribution is -2.43. The van der Waals surface area contributed by atoms with Crippen LogP contribution in [0.1, 0.15) is 5.56 Å². The molecular formula is C32H28FN5O2S2. The van der Waals surface area contributed by atoms with Crippen molar-refractivity contribution in [1.29, 1.82) is 0 Å². The van der Waals surface area contributed by atoms with Crippen molar-refractivity contribution in [2.45, 2.75) is 6.42 Å². The maximum atomic E-state index is 15.1. The molecule has 0 aliphatic carbocycles. The Kier molecular flexibility index (Phi) is 8.36. The number of pyridine rings is 1. The second kappa shape index (κ2) is 12.6. The Hall–Kier alpha value is -4.38. The van der Waals surface area contributed by atoms with Crippen LogP contribution in [-0.2, 0) is 11.2 Å². The molecule has 7 nitrogen and oxygen atoms in total. The van der Waals surface area contributed by atoms with Crippen LogP contribution in [0.4, 0.5) is 15.8 Å². The lowest BCUT2D eigenvalue weighted by Gasteiger charge is -2.29. The van der Waals surface area contributed by atoms with Crippen LogP contribution in [0.3, 0.4) is 0 Å². The van der Waals surface area contributed by atoms with Crippen molar-refractivity contribution in [3.05, 3.63) is 103 Å². The van der Waals surface area contributed by atoms with E-state index in [0.29, 0.717) is 11.4 Å². The SMILES string of the molecule is O=C(Cc1ccccc1)NC(=S)Nc1ccc(Oc2ccnc3cc(-c4ccc(N5CCNCC5)cc4)sc23)c(F)c1. The number of thiophene rings is 1. The number of aromatic nitrogens is 1. The fourth-order valence-electron chi connectivity index (χ4n) is 4.79. The van der Waals surface area contributed by atoms with Gasteiger partial charge >= 0.3 is 0 Å². The summed E-state index contributed by atoms with van der Waals surface area (Å²) in [5.41, 5.74) is 4.36. The van der Waals surface area contributed by atoms with Crippen LogP contribution >= 0.6 is 23.6 Å². The molecule has 1 aliphatic heterocycles. The first-order valence-electron chi connectivity index (χ1n) is 13.6. The molecule has 42 heavy (non-hydrogen) atoms. The van der Waals surface area contributed by atoms with Gasteiger partial charge in [0.1, 0.15) is 5.75 Å². The molecule has 0 atom stereocenters. The number of nitrogens with zero attached hydrogens (tertiary/aromatic N) is 2. The van der Waals surface area contributed by atoms with E-state index in [9.17, 15) is 4.79 Å². The van der Waals surface area contributed by atoms with Gasteiger partial charge in [-0.15, -0.1) is 11.3 Å². The molecule has 1 fully saturated rings. The number of nitrogens with one attached hydrogen (secondary N) is 3. The van der Waals surface area contributed by atoms with E-state index in [1.54, 1.807) is 29.7 Å². The first-order valence-corrected chi connectivity index (χ1v) is 14.8. The van der Waals surface area contributed by atoms with E-state index in [0.717, 1.165) is 52.4 Å². The summed E-state index contributed by atoms with van der Waals surface area (Å²) in [5.74, 6) is -0.227. The third-order valence-corrected chi connectivity index (χ3v) is 8.27. The van der Waals surface area contributed by atoms with Crippen LogP contribution in [0.2, 0.25) is 0 Å². The average molecular weight is 598 g/mol. The van der Waals surface area contributed by atoms with Crippen LogP contribution in [0.15, 0.2) is 91.1 Å². The second-order valence-corrected chi connectivity index (χ2v) is 11.3. The zero-order chi connectivity index (χ0) is 28.9. The second-order valence-electron chi connectivity index (χ2n) is 9.83. The lowest BCUT2D eigenvalue weighted by molar-refractivity contribution is -0.119. The smallest absolute Gasteiger partial charge is 0.230 e. The van der Waals surface area contributed by atoms with Gasteiger partial charge in [-0.1, -0.05) is 42.5 Å². The monoisotopic (exact) mass is 597 g/mol. The summed E-state index contributed by atoms with van der Waals surface area (Å²) in [5, 5.41) is 8.95. The third-order valence-electron chi connectivity index (χ3n) is 6.88. The first-order chi connectivity index (χ1) is 20.5. The number of carbonyl (C=O) groups is 1. The maximum Gasteiger partial charge on any atom is 0.230 e. The van der Waals surface area contributed by atoms with Gasteiger partial charge in [0.25, 0.3) is 0 Å². The predicted octanol–water partition coefficient (Wildman–Crippen LogP) is 6.36. The Morgan fingerprint density at radius 3 is 2.55 bits per heavy atom. The number of carbonyl (C=O) groups excluding carboxylic acids is 1. The molecule has 3 N–H and O–H groups in total. The molecule has 3 heterocycles. The number of anilines is 2. The number of rotatable bonds is 7. The van der Waals surface area contributed by atoms with Gasteiger partial charge in [0.05, 0.1) is 16.6 Å². The van der Waals surface area contributed by atoms with E-state index >= 15 is 4.39 Å². The number of amides is 1. The molecule has 0 unspecified atom stereocenters. The van der Waals surface area contributed by atoms with Gasteiger partial charge in [0.15, 0.2) is 16.7 Å². The lowest BCUT2D eigenvalue weighted by atomic mass is 10.1. The molecular weight excluding hydrogens is 570 g/mol. The molecule has 0 radical (unpaired) electrons. The Balaban J connectivity index is 1.12. The van der Waals surface area contributed by atoms with Crippen molar-refractivity contribution in [1.82, 2.24) is 15.6 Å². The average Bonchev–Trinajstić information content (AvgIpc) is 3.45. The summed E-state index contributed by atoms with van der Waals surface area (Å²) in [6.07, 6.45) is 1.85. The largest absolute Gasteiger partial charge is 0.453 e. The highest BCUT2D eigenvalue weighted by atomic mass is 32.1. The highest BCUT2D eigenvalue weighted by Gasteiger charge is 2.15. The summed E-state index contributed by atoms with van der Waals surface area (Å²) in [6.45, 7) is 3.98. The molecule has 2 aromatic heterocycles. The van der Waals surface area contributed by atoms with E-state index in [1.807, 2.05) is 36.4 Å². The maximum absolute atomic E-state index is 15.1. The molecule has 10 heteroatoms. The predicted molar refractivity (Wildman–Crippen MR) is 171 cm³/mol. The highest BCUT2D eigenvalue weighted by molar-refractivity contribution is 7.80. The van der Waals surface area contributed by atoms with Gasteiger partial charge < -0.3 is 25.6 Å². The molecule has 1 saturated heterocycles. The van der Waals surface area contributed by atoms with E-state index < -0.39 is 5.82 Å². The van der Waals surface area contributed by atoms with E-state index in [4.69, 9.17) is 17.0 Å². The van der Waals surface area contributed by atoms with Crippen LogP contribution in [0.5, 0.6) is 11.5 Å². The Labute approximate surface area is 252 Å². The normalized spacial score (nSPS) is 13.1. The van der Waals surface area contributed by atoms with Crippen LogP contribution in [0.25, 0.3) is 20.7 Å². The number of halogens is 1. The first kappa shape index (κ1) is 27.8. The van der Waals surface area contributed by atoms with Crippen molar-refractivity contribution in [2.24, 2.45) is 0 Å². The molecule has 3 aromatic carbocycles. The topological polar surface area (TPSA) is 78.5 Å². The van der Waals surface area contributed by atoms with Crippen LogP contribution < -0.4 is 25.6 Å². The minimum atomic E-state index is -0.566. The van der Waals surface area contributed by atoms with E-state index in [1.165, 1.54) is 17.8 Å². The zero-order valence-electron chi connectivity index (χ0n) is 22.6. The number of fused-ring (bicyclic) bond motifs is 1. The molecule has 0 saturated carbocycles. The fourth-order valence-corrected chi connectivity index (χ4v) is 6.09. The van der Waals surface area contributed by atoms with Crippen molar-refractivity contribution < 1.29 is 13.9 Å². The Morgan fingerprint density at radius 1 is 1.00 bits per heavy atom. The summed E-state index contributed by atoms with van der Waals surface area (Å²) in [6, 6.07) is 26.1. The van der Waals surface area contributed by atoms with Gasteiger partial charge in [-0.3, -0.25) is 9.78 Å². The summed E-state index contributed by atoms with van der Waals surface area (Å²) in [7, 11) is 0. The number of ether oxygens (including phenoxy) is 1. The molecule has 1 aliphatic rings. The summed E-state index contributed by atoms with van der Waals surface area (Å²) >= 11 is 6.80. The number of thiocarbonyl (C=S) groups is 1. The molecule has 212 valence electrons. The minimum Gasteiger partial charge on any atom is -0.453 e. The van der Waals surface area contributed by atoms with Gasteiger partial charge in [-0.05, 0) is 53.7 Å². The highest BCUT2D eigenvalue weighted by Crippen LogP contribution is 2.40. The quantitative estimate of drug-likeness (QED) is 0.189. The van der Waals surface area contributed by atoms with Gasteiger partial charge in [0, 0.05) is 60.8 Å². The van der Waals surface area contributed by atoms with Crippen molar-refractivity contribution in [2.75, 3.05) is 36.4 Å². The van der Waals surface area contributed by atoms with Crippen LogP contribution in [0, 0.1) is 5.82 Å². The van der Waals surface area contributed by atoms with Crippen molar-refractivity contribution in [3.63, 3.8) is 0 Å². The molecule has 1 amide bonds. The molecule has 0 bridgehead atoms.